The molecule has 1 aliphatic heterocycles. The van der Waals surface area contributed by atoms with E-state index < -0.39 is 0 Å². The van der Waals surface area contributed by atoms with Gasteiger partial charge < -0.3 is 9.47 Å². The van der Waals surface area contributed by atoms with E-state index in [1.54, 1.807) is 26.4 Å². The van der Waals surface area contributed by atoms with Crippen molar-refractivity contribution in [1.29, 1.82) is 0 Å². The van der Waals surface area contributed by atoms with Gasteiger partial charge in [0, 0.05) is 16.7 Å². The first kappa shape index (κ1) is 21.6. The Balaban J connectivity index is 1.80. The third-order valence-electron chi connectivity index (χ3n) is 5.40. The summed E-state index contributed by atoms with van der Waals surface area (Å²) in [5.74, 6) is 1.40. The van der Waals surface area contributed by atoms with Crippen molar-refractivity contribution in [1.82, 2.24) is 5.43 Å². The van der Waals surface area contributed by atoms with Gasteiger partial charge in [-0.15, -0.1) is 0 Å². The molecule has 0 aliphatic carbocycles. The van der Waals surface area contributed by atoms with E-state index in [2.05, 4.69) is 43.4 Å². The summed E-state index contributed by atoms with van der Waals surface area (Å²) in [4.78, 5) is 4.76. The van der Waals surface area contributed by atoms with Crippen LogP contribution in [0.5, 0.6) is 11.5 Å². The summed E-state index contributed by atoms with van der Waals surface area (Å²) < 4.78 is 25.0. The van der Waals surface area contributed by atoms with Crippen LogP contribution >= 0.6 is 0 Å². The molecular formula is C26H26FN3O2. The summed E-state index contributed by atoms with van der Waals surface area (Å²) in [6.07, 6.45) is 0. The molecule has 0 atom stereocenters. The zero-order valence-corrected chi connectivity index (χ0v) is 18.9. The molecule has 0 bridgehead atoms. The number of amidine groups is 1. The lowest BCUT2D eigenvalue weighted by molar-refractivity contribution is 0.355. The van der Waals surface area contributed by atoms with Gasteiger partial charge in [-0.25, -0.2) is 9.38 Å². The molecule has 0 fully saturated rings. The van der Waals surface area contributed by atoms with E-state index in [4.69, 9.17) is 14.5 Å². The smallest absolute Gasteiger partial charge is 0.161 e. The van der Waals surface area contributed by atoms with Gasteiger partial charge in [-0.05, 0) is 47.4 Å². The fraction of sp³-hybridized carbons (Fsp3) is 0.231. The van der Waals surface area contributed by atoms with Crippen molar-refractivity contribution in [3.8, 4) is 11.5 Å². The monoisotopic (exact) mass is 431 g/mol. The molecule has 32 heavy (non-hydrogen) atoms. The van der Waals surface area contributed by atoms with Crippen LogP contribution in [0.15, 0.2) is 70.8 Å². The number of hydrogen-bond acceptors (Lipinski definition) is 5. The summed E-state index contributed by atoms with van der Waals surface area (Å²) in [7, 11) is 3.16. The minimum Gasteiger partial charge on any atom is -0.493 e. The van der Waals surface area contributed by atoms with Crippen LogP contribution in [-0.2, 0) is 5.41 Å². The topological polar surface area (TPSA) is 55.2 Å². The van der Waals surface area contributed by atoms with Crippen LogP contribution in [0.3, 0.4) is 0 Å². The Morgan fingerprint density at radius 3 is 2.16 bits per heavy atom. The third kappa shape index (κ3) is 4.21. The van der Waals surface area contributed by atoms with Gasteiger partial charge in [0.1, 0.15) is 11.5 Å². The Hall–Kier alpha value is -3.67. The second-order valence-corrected chi connectivity index (χ2v) is 8.59. The molecule has 0 saturated carbocycles. The highest BCUT2D eigenvalue weighted by atomic mass is 19.1. The SMILES string of the molecule is COc1ccc(C2=NNC(c3ccc(C(C)(C)C)cc3)=Nc3ccc(F)cc32)cc1OC. The Morgan fingerprint density at radius 2 is 1.50 bits per heavy atom. The Kier molecular flexibility index (Phi) is 5.70. The number of nitrogens with zero attached hydrogens (tertiary/aromatic N) is 2. The lowest BCUT2D eigenvalue weighted by Gasteiger charge is -2.19. The first-order valence-corrected chi connectivity index (χ1v) is 10.4. The number of rotatable bonds is 4. The second-order valence-electron chi connectivity index (χ2n) is 8.59. The molecule has 4 rings (SSSR count). The van der Waals surface area contributed by atoms with E-state index in [1.165, 1.54) is 17.7 Å². The molecule has 1 N–H and O–H groups in total. The number of nitrogens with one attached hydrogen (secondary N) is 1. The van der Waals surface area contributed by atoms with Gasteiger partial charge in [-0.1, -0.05) is 45.0 Å². The molecule has 0 unspecified atom stereocenters. The molecular weight excluding hydrogens is 405 g/mol. The van der Waals surface area contributed by atoms with Crippen molar-refractivity contribution in [3.05, 3.63) is 88.7 Å². The van der Waals surface area contributed by atoms with Gasteiger partial charge in [0.15, 0.2) is 17.3 Å². The first-order valence-electron chi connectivity index (χ1n) is 10.4. The van der Waals surface area contributed by atoms with Crippen molar-refractivity contribution in [2.75, 3.05) is 14.2 Å². The maximum atomic E-state index is 14.2. The van der Waals surface area contributed by atoms with Crippen molar-refractivity contribution < 1.29 is 13.9 Å². The van der Waals surface area contributed by atoms with Crippen LogP contribution in [-0.4, -0.2) is 25.8 Å². The van der Waals surface area contributed by atoms with Crippen LogP contribution < -0.4 is 14.9 Å². The molecule has 0 saturated heterocycles. The zero-order valence-electron chi connectivity index (χ0n) is 18.9. The van der Waals surface area contributed by atoms with Crippen LogP contribution in [0.4, 0.5) is 10.1 Å². The van der Waals surface area contributed by atoms with E-state index in [1.807, 2.05) is 24.3 Å². The number of methoxy groups -OCH3 is 2. The lowest BCUT2D eigenvalue weighted by Crippen LogP contribution is -2.20. The summed E-state index contributed by atoms with van der Waals surface area (Å²) in [6.45, 7) is 6.52. The Labute approximate surface area is 187 Å². The van der Waals surface area contributed by atoms with Gasteiger partial charge in [-0.3, -0.25) is 5.43 Å². The highest BCUT2D eigenvalue weighted by Gasteiger charge is 2.20. The molecule has 5 nitrogen and oxygen atoms in total. The number of hydrazone groups is 1. The summed E-state index contributed by atoms with van der Waals surface area (Å²) >= 11 is 0. The maximum Gasteiger partial charge on any atom is 0.161 e. The van der Waals surface area contributed by atoms with E-state index >= 15 is 0 Å². The minimum atomic E-state index is -0.356. The van der Waals surface area contributed by atoms with Crippen LogP contribution in [0.1, 0.15) is 43.0 Å². The molecule has 0 spiro atoms. The molecule has 3 aromatic rings. The fourth-order valence-corrected chi connectivity index (χ4v) is 3.57. The van der Waals surface area contributed by atoms with Gasteiger partial charge in [0.05, 0.1) is 19.9 Å². The standard InChI is InChI=1S/C26H26FN3O2/c1-26(2,3)18-9-6-16(7-10-18)25-28-21-12-11-19(27)15-20(21)24(29-30-25)17-8-13-22(31-4)23(14-17)32-5/h6-15H,1-5H3,(H,28,30). The quantitative estimate of drug-likeness (QED) is 0.587. The van der Waals surface area contributed by atoms with Crippen molar-refractivity contribution in [3.63, 3.8) is 0 Å². The highest BCUT2D eigenvalue weighted by Crippen LogP contribution is 2.32. The predicted octanol–water partition coefficient (Wildman–Crippen LogP) is 5.57. The number of halogens is 1. The summed E-state index contributed by atoms with van der Waals surface area (Å²) in [6, 6.07) is 18.2. The van der Waals surface area contributed by atoms with Crippen LogP contribution in [0, 0.1) is 5.82 Å². The van der Waals surface area contributed by atoms with E-state index in [9.17, 15) is 4.39 Å². The number of benzene rings is 3. The highest BCUT2D eigenvalue weighted by molar-refractivity contribution is 6.18. The molecule has 6 heteroatoms. The minimum absolute atomic E-state index is 0.0556. The maximum absolute atomic E-state index is 14.2. The molecule has 0 aromatic heterocycles. The Morgan fingerprint density at radius 1 is 0.812 bits per heavy atom. The van der Waals surface area contributed by atoms with Crippen molar-refractivity contribution >= 4 is 17.2 Å². The molecule has 1 aliphatic rings. The second kappa shape index (κ2) is 8.46. The molecule has 164 valence electrons. The Bertz CT molecular complexity index is 1210. The van der Waals surface area contributed by atoms with Gasteiger partial charge >= 0.3 is 0 Å². The largest absolute Gasteiger partial charge is 0.493 e. The summed E-state index contributed by atoms with van der Waals surface area (Å²) in [5.41, 5.74) is 7.79. The normalized spacial score (nSPS) is 13.3. The van der Waals surface area contributed by atoms with Gasteiger partial charge in [0.25, 0.3) is 0 Å². The van der Waals surface area contributed by atoms with Crippen LogP contribution in [0.25, 0.3) is 0 Å². The predicted molar refractivity (Wildman–Crippen MR) is 126 cm³/mol. The zero-order chi connectivity index (χ0) is 22.9. The molecule has 1 heterocycles. The van der Waals surface area contributed by atoms with Gasteiger partial charge in [0.2, 0.25) is 0 Å². The van der Waals surface area contributed by atoms with Crippen molar-refractivity contribution in [2.45, 2.75) is 26.2 Å². The van der Waals surface area contributed by atoms with E-state index in [-0.39, 0.29) is 11.2 Å². The lowest BCUT2D eigenvalue weighted by atomic mass is 9.86. The first-order chi connectivity index (χ1) is 15.3. The molecule has 3 aromatic carbocycles. The molecule has 0 amide bonds. The number of aliphatic imine (C=N–C) groups is 1. The summed E-state index contributed by atoms with van der Waals surface area (Å²) in [5, 5.41) is 4.61. The number of ether oxygens (including phenoxy) is 2. The number of fused-ring (bicyclic) bond motifs is 1. The van der Waals surface area contributed by atoms with E-state index in [0.29, 0.717) is 34.3 Å². The fourth-order valence-electron chi connectivity index (χ4n) is 3.57. The van der Waals surface area contributed by atoms with E-state index in [0.717, 1.165) is 11.1 Å². The molecule has 0 radical (unpaired) electrons. The third-order valence-corrected chi connectivity index (χ3v) is 5.40. The number of hydrogen-bond donors (Lipinski definition) is 1. The van der Waals surface area contributed by atoms with Crippen molar-refractivity contribution in [2.24, 2.45) is 10.1 Å². The van der Waals surface area contributed by atoms with Crippen LogP contribution in [0.2, 0.25) is 0 Å². The average Bonchev–Trinajstić information content (AvgIpc) is 2.97. The average molecular weight is 432 g/mol. The van der Waals surface area contributed by atoms with Gasteiger partial charge in [-0.2, -0.15) is 5.10 Å².